The van der Waals surface area contributed by atoms with Crippen molar-refractivity contribution in [3.63, 3.8) is 0 Å². The van der Waals surface area contributed by atoms with Crippen LogP contribution in [-0.2, 0) is 10.2 Å². The lowest BCUT2D eigenvalue weighted by atomic mass is 9.83. The van der Waals surface area contributed by atoms with Crippen LogP contribution >= 0.6 is 0 Å². The summed E-state index contributed by atoms with van der Waals surface area (Å²) in [7, 11) is 1.70. The zero-order chi connectivity index (χ0) is 18.8. The van der Waals surface area contributed by atoms with Crippen LogP contribution in [0.2, 0.25) is 0 Å². The maximum Gasteiger partial charge on any atom is 0.220 e. The van der Waals surface area contributed by atoms with Crippen molar-refractivity contribution in [2.75, 3.05) is 13.7 Å². The summed E-state index contributed by atoms with van der Waals surface area (Å²) in [6.07, 6.45) is 2.28. The molecule has 4 heteroatoms. The number of amides is 1. The molecule has 1 saturated carbocycles. The number of aryl methyl sites for hydroxylation is 1. The predicted molar refractivity (Wildman–Crippen MR) is 106 cm³/mol. The maximum absolute atomic E-state index is 12.7. The number of aromatic nitrogens is 1. The summed E-state index contributed by atoms with van der Waals surface area (Å²) < 4.78 is 5.71. The smallest absolute Gasteiger partial charge is 0.220 e. The fourth-order valence-electron chi connectivity index (χ4n) is 4.81. The van der Waals surface area contributed by atoms with Gasteiger partial charge in [-0.15, -0.1) is 0 Å². The monoisotopic (exact) mass is 360 g/mol. The second-order valence-corrected chi connectivity index (χ2v) is 8.03. The standard InChI is InChI=1S/C23H24N2O2/c1-14-8-9-17(19(12-14)27-3)22-21-20(16-6-4-5-7-18(16)24-21)23(10-11-23)13-25(22)15(2)26/h4-9,12,22,24H,10-11,13H2,1-3H3. The van der Waals surface area contributed by atoms with Gasteiger partial charge in [-0.3, -0.25) is 4.79 Å². The number of fused-ring (bicyclic) bond motifs is 4. The summed E-state index contributed by atoms with van der Waals surface area (Å²) in [5.41, 5.74) is 6.00. The normalized spacial score (nSPS) is 20.0. The molecule has 1 atom stereocenters. The van der Waals surface area contributed by atoms with Gasteiger partial charge in [0, 0.05) is 41.0 Å². The minimum absolute atomic E-state index is 0.106. The molecule has 27 heavy (non-hydrogen) atoms. The van der Waals surface area contributed by atoms with Crippen LogP contribution in [0, 0.1) is 6.92 Å². The molecule has 0 bridgehead atoms. The van der Waals surface area contributed by atoms with Crippen LogP contribution < -0.4 is 4.74 Å². The van der Waals surface area contributed by atoms with E-state index in [2.05, 4.69) is 54.4 Å². The number of carbonyl (C=O) groups is 1. The highest BCUT2D eigenvalue weighted by Crippen LogP contribution is 2.58. The SMILES string of the molecule is COc1cc(C)ccc1C1c2[nH]c3ccccc3c2C2(CC2)CN1C(C)=O. The van der Waals surface area contributed by atoms with E-state index >= 15 is 0 Å². The van der Waals surface area contributed by atoms with Gasteiger partial charge < -0.3 is 14.6 Å². The zero-order valence-corrected chi connectivity index (χ0v) is 16.0. The van der Waals surface area contributed by atoms with Crippen molar-refractivity contribution in [3.8, 4) is 5.75 Å². The molecule has 1 N–H and O–H groups in total. The Morgan fingerprint density at radius 3 is 2.70 bits per heavy atom. The highest BCUT2D eigenvalue weighted by atomic mass is 16.5. The fraction of sp³-hybridized carbons (Fsp3) is 0.348. The molecule has 5 rings (SSSR count). The lowest BCUT2D eigenvalue weighted by molar-refractivity contribution is -0.131. The number of benzene rings is 2. The van der Waals surface area contributed by atoms with E-state index in [0.717, 1.165) is 47.5 Å². The van der Waals surface area contributed by atoms with Crippen molar-refractivity contribution >= 4 is 16.8 Å². The summed E-state index contributed by atoms with van der Waals surface area (Å²) in [6.45, 7) is 4.51. The lowest BCUT2D eigenvalue weighted by Gasteiger charge is -2.40. The van der Waals surface area contributed by atoms with Gasteiger partial charge >= 0.3 is 0 Å². The molecule has 1 aliphatic heterocycles. The Labute approximate surface area is 159 Å². The highest BCUT2D eigenvalue weighted by Gasteiger charge is 2.54. The van der Waals surface area contributed by atoms with E-state index in [9.17, 15) is 4.79 Å². The summed E-state index contributed by atoms with van der Waals surface area (Å²) in [5, 5.41) is 1.30. The molecule has 0 saturated heterocycles. The number of hydrogen-bond donors (Lipinski definition) is 1. The molecule has 1 unspecified atom stereocenters. The number of carbonyl (C=O) groups excluding carboxylic acids is 1. The first-order valence-corrected chi connectivity index (χ1v) is 9.57. The number of hydrogen-bond acceptors (Lipinski definition) is 2. The fourth-order valence-corrected chi connectivity index (χ4v) is 4.81. The Balaban J connectivity index is 1.80. The molecule has 4 nitrogen and oxygen atoms in total. The molecule has 138 valence electrons. The van der Waals surface area contributed by atoms with Crippen LogP contribution in [0.25, 0.3) is 10.9 Å². The number of para-hydroxylation sites is 1. The third kappa shape index (κ3) is 2.32. The number of H-pyrrole nitrogens is 1. The van der Waals surface area contributed by atoms with Crippen molar-refractivity contribution in [3.05, 3.63) is 64.8 Å². The van der Waals surface area contributed by atoms with E-state index in [0.29, 0.717) is 0 Å². The van der Waals surface area contributed by atoms with E-state index in [1.54, 1.807) is 14.0 Å². The topological polar surface area (TPSA) is 45.3 Å². The Bertz CT molecular complexity index is 1060. The van der Waals surface area contributed by atoms with E-state index in [-0.39, 0.29) is 17.4 Å². The number of nitrogens with one attached hydrogen (secondary N) is 1. The van der Waals surface area contributed by atoms with Gasteiger partial charge in [0.2, 0.25) is 5.91 Å². The Kier molecular flexibility index (Phi) is 3.42. The van der Waals surface area contributed by atoms with Gasteiger partial charge in [-0.05, 0) is 43.0 Å². The van der Waals surface area contributed by atoms with E-state index in [1.165, 1.54) is 10.9 Å². The third-order valence-electron chi connectivity index (χ3n) is 6.27. The molecule has 1 aromatic heterocycles. The summed E-state index contributed by atoms with van der Waals surface area (Å²) in [6, 6.07) is 14.6. The van der Waals surface area contributed by atoms with Gasteiger partial charge in [0.05, 0.1) is 7.11 Å². The Morgan fingerprint density at radius 2 is 2.00 bits per heavy atom. The summed E-state index contributed by atoms with van der Waals surface area (Å²) >= 11 is 0. The van der Waals surface area contributed by atoms with E-state index in [1.807, 2.05) is 4.90 Å². The Hall–Kier alpha value is -2.75. The van der Waals surface area contributed by atoms with Crippen molar-refractivity contribution in [1.82, 2.24) is 9.88 Å². The second kappa shape index (κ2) is 5.62. The average molecular weight is 360 g/mol. The highest BCUT2D eigenvalue weighted by molar-refractivity contribution is 5.88. The minimum Gasteiger partial charge on any atom is -0.496 e. The first-order valence-electron chi connectivity index (χ1n) is 9.57. The molecular formula is C23H24N2O2. The molecule has 1 spiro atoms. The first kappa shape index (κ1) is 16.4. The largest absolute Gasteiger partial charge is 0.496 e. The molecule has 2 heterocycles. The van der Waals surface area contributed by atoms with Gasteiger partial charge in [0.1, 0.15) is 11.8 Å². The van der Waals surface area contributed by atoms with Crippen LogP contribution in [0.3, 0.4) is 0 Å². The van der Waals surface area contributed by atoms with Crippen molar-refractivity contribution < 1.29 is 9.53 Å². The van der Waals surface area contributed by atoms with Gasteiger partial charge in [-0.1, -0.05) is 30.3 Å². The van der Waals surface area contributed by atoms with Crippen LogP contribution in [0.15, 0.2) is 42.5 Å². The van der Waals surface area contributed by atoms with Crippen molar-refractivity contribution in [2.45, 2.75) is 38.1 Å². The van der Waals surface area contributed by atoms with Gasteiger partial charge in [-0.2, -0.15) is 0 Å². The molecule has 2 aliphatic rings. The average Bonchev–Trinajstić information content (AvgIpc) is 3.31. The van der Waals surface area contributed by atoms with Gasteiger partial charge in [0.15, 0.2) is 0 Å². The van der Waals surface area contributed by atoms with Crippen LogP contribution in [0.4, 0.5) is 0 Å². The molecule has 0 radical (unpaired) electrons. The lowest BCUT2D eigenvalue weighted by Crippen LogP contribution is -2.44. The van der Waals surface area contributed by atoms with Crippen molar-refractivity contribution in [1.29, 1.82) is 0 Å². The molecular weight excluding hydrogens is 336 g/mol. The Morgan fingerprint density at radius 1 is 1.22 bits per heavy atom. The molecule has 1 fully saturated rings. The predicted octanol–water partition coefficient (Wildman–Crippen LogP) is 4.47. The minimum atomic E-state index is -0.147. The molecule has 2 aromatic carbocycles. The van der Waals surface area contributed by atoms with Crippen LogP contribution in [0.1, 0.15) is 48.2 Å². The number of ether oxygens (including phenoxy) is 1. The number of aromatic amines is 1. The van der Waals surface area contributed by atoms with E-state index < -0.39 is 0 Å². The van der Waals surface area contributed by atoms with E-state index in [4.69, 9.17) is 4.74 Å². The second-order valence-electron chi connectivity index (χ2n) is 8.03. The third-order valence-corrected chi connectivity index (χ3v) is 6.27. The van der Waals surface area contributed by atoms with Crippen LogP contribution in [0.5, 0.6) is 5.75 Å². The van der Waals surface area contributed by atoms with Gasteiger partial charge in [0.25, 0.3) is 0 Å². The molecule has 1 amide bonds. The maximum atomic E-state index is 12.7. The van der Waals surface area contributed by atoms with Crippen molar-refractivity contribution in [2.24, 2.45) is 0 Å². The summed E-state index contributed by atoms with van der Waals surface area (Å²) in [5.74, 6) is 0.945. The van der Waals surface area contributed by atoms with Gasteiger partial charge in [-0.25, -0.2) is 0 Å². The molecule has 1 aliphatic carbocycles. The number of rotatable bonds is 2. The first-order chi connectivity index (χ1) is 13.0. The number of nitrogens with zero attached hydrogens (tertiary/aromatic N) is 1. The molecule has 3 aromatic rings. The van der Waals surface area contributed by atoms with Crippen LogP contribution in [-0.4, -0.2) is 29.4 Å². The summed E-state index contributed by atoms with van der Waals surface area (Å²) in [4.78, 5) is 18.3. The number of methoxy groups -OCH3 is 1. The zero-order valence-electron chi connectivity index (χ0n) is 16.0. The quantitative estimate of drug-likeness (QED) is 0.733.